The van der Waals surface area contributed by atoms with Crippen LogP contribution in [-0.2, 0) is 10.2 Å². The van der Waals surface area contributed by atoms with E-state index >= 15 is 0 Å². The minimum absolute atomic E-state index is 0.0895. The maximum absolute atomic E-state index is 12.1. The van der Waals surface area contributed by atoms with Crippen molar-refractivity contribution in [3.63, 3.8) is 0 Å². The fraction of sp³-hybridized carbons (Fsp3) is 0.333. The van der Waals surface area contributed by atoms with Crippen LogP contribution in [0.2, 0.25) is 0 Å². The Balaban J connectivity index is 1.88. The number of rotatable bonds is 5. The van der Waals surface area contributed by atoms with Crippen molar-refractivity contribution in [2.24, 2.45) is 5.10 Å². The van der Waals surface area contributed by atoms with E-state index in [-0.39, 0.29) is 11.3 Å². The topological polar surface area (TPSA) is 50.7 Å². The highest BCUT2D eigenvalue weighted by atomic mass is 16.5. The average molecular weight is 338 g/mol. The molecule has 0 saturated heterocycles. The van der Waals surface area contributed by atoms with E-state index in [0.717, 1.165) is 5.56 Å². The summed E-state index contributed by atoms with van der Waals surface area (Å²) in [5.41, 5.74) is 5.93. The molecule has 4 nitrogen and oxygen atoms in total. The van der Waals surface area contributed by atoms with Crippen LogP contribution in [0.1, 0.15) is 44.4 Å². The van der Waals surface area contributed by atoms with E-state index in [1.165, 1.54) is 11.1 Å². The molecule has 0 bridgehead atoms. The molecule has 132 valence electrons. The van der Waals surface area contributed by atoms with Gasteiger partial charge in [0.15, 0.2) is 6.10 Å². The predicted octanol–water partition coefficient (Wildman–Crippen LogP) is 4.21. The van der Waals surface area contributed by atoms with Gasteiger partial charge in [-0.05, 0) is 42.5 Å². The lowest BCUT2D eigenvalue weighted by atomic mass is 9.87. The molecule has 0 heterocycles. The summed E-state index contributed by atoms with van der Waals surface area (Å²) in [7, 11) is 0. The number of carbonyl (C=O) groups excluding carboxylic acids is 1. The van der Waals surface area contributed by atoms with Gasteiger partial charge in [-0.15, -0.1) is 0 Å². The smallest absolute Gasteiger partial charge is 0.280 e. The molecule has 0 aromatic heterocycles. The van der Waals surface area contributed by atoms with E-state index in [0.29, 0.717) is 5.75 Å². The number of hydrogen-bond acceptors (Lipinski definition) is 3. The summed E-state index contributed by atoms with van der Waals surface area (Å²) in [5, 5.41) is 3.98. The van der Waals surface area contributed by atoms with Crippen molar-refractivity contribution >= 4 is 12.1 Å². The molecule has 1 amide bonds. The van der Waals surface area contributed by atoms with Gasteiger partial charge in [0.2, 0.25) is 0 Å². The Labute approximate surface area is 149 Å². The fourth-order valence-corrected chi connectivity index (χ4v) is 2.20. The maximum atomic E-state index is 12.1. The van der Waals surface area contributed by atoms with Gasteiger partial charge in [0.25, 0.3) is 5.91 Å². The van der Waals surface area contributed by atoms with Crippen LogP contribution in [0.15, 0.2) is 53.6 Å². The van der Waals surface area contributed by atoms with Crippen LogP contribution >= 0.6 is 0 Å². The van der Waals surface area contributed by atoms with Crippen LogP contribution in [0.5, 0.6) is 5.75 Å². The van der Waals surface area contributed by atoms with Crippen LogP contribution in [-0.4, -0.2) is 18.2 Å². The molecular weight excluding hydrogens is 312 g/mol. The van der Waals surface area contributed by atoms with Gasteiger partial charge in [-0.25, -0.2) is 5.43 Å². The van der Waals surface area contributed by atoms with Crippen molar-refractivity contribution in [3.05, 3.63) is 65.2 Å². The third-order valence-electron chi connectivity index (χ3n) is 3.87. The largest absolute Gasteiger partial charge is 0.481 e. The third kappa shape index (κ3) is 5.75. The van der Waals surface area contributed by atoms with Gasteiger partial charge < -0.3 is 4.74 Å². The standard InChI is InChI=1S/C21H26N2O2/c1-15-6-8-17(9-7-15)14-22-23-20(24)16(2)25-19-12-10-18(11-13-19)21(3,4)5/h6-14,16H,1-5H3,(H,23,24)/b22-14+. The minimum atomic E-state index is -0.629. The maximum Gasteiger partial charge on any atom is 0.280 e. The van der Waals surface area contributed by atoms with Gasteiger partial charge in [-0.2, -0.15) is 5.10 Å². The molecule has 1 N–H and O–H groups in total. The Morgan fingerprint density at radius 2 is 1.68 bits per heavy atom. The lowest BCUT2D eigenvalue weighted by Crippen LogP contribution is -2.33. The van der Waals surface area contributed by atoms with E-state index in [9.17, 15) is 4.79 Å². The number of nitrogens with one attached hydrogen (secondary N) is 1. The minimum Gasteiger partial charge on any atom is -0.481 e. The van der Waals surface area contributed by atoms with Crippen molar-refractivity contribution < 1.29 is 9.53 Å². The number of hydrogen-bond donors (Lipinski definition) is 1. The Kier molecular flexibility index (Phi) is 5.97. The van der Waals surface area contributed by atoms with E-state index in [4.69, 9.17) is 4.74 Å². The molecular formula is C21H26N2O2. The number of benzene rings is 2. The molecule has 0 spiro atoms. The summed E-state index contributed by atoms with van der Waals surface area (Å²) < 4.78 is 5.68. The second-order valence-electron chi connectivity index (χ2n) is 7.18. The molecule has 0 fully saturated rings. The van der Waals surface area contributed by atoms with Crippen molar-refractivity contribution in [2.45, 2.75) is 46.1 Å². The van der Waals surface area contributed by atoms with Crippen molar-refractivity contribution in [1.82, 2.24) is 5.43 Å². The summed E-state index contributed by atoms with van der Waals surface area (Å²) in [6.45, 7) is 10.2. The van der Waals surface area contributed by atoms with Gasteiger partial charge in [-0.1, -0.05) is 62.7 Å². The van der Waals surface area contributed by atoms with Crippen LogP contribution in [0, 0.1) is 6.92 Å². The number of ether oxygens (including phenoxy) is 1. The molecule has 0 aliphatic heterocycles. The van der Waals surface area contributed by atoms with Crippen LogP contribution in [0.25, 0.3) is 0 Å². The normalized spacial score (nSPS) is 12.8. The Bertz CT molecular complexity index is 726. The molecule has 0 saturated carbocycles. The summed E-state index contributed by atoms with van der Waals surface area (Å²) in [6.07, 6.45) is 0.984. The average Bonchev–Trinajstić information content (AvgIpc) is 2.56. The molecule has 4 heteroatoms. The summed E-state index contributed by atoms with van der Waals surface area (Å²) in [6, 6.07) is 15.7. The highest BCUT2D eigenvalue weighted by molar-refractivity contribution is 5.84. The highest BCUT2D eigenvalue weighted by Gasteiger charge is 2.16. The third-order valence-corrected chi connectivity index (χ3v) is 3.87. The first kappa shape index (κ1) is 18.7. The highest BCUT2D eigenvalue weighted by Crippen LogP contribution is 2.24. The monoisotopic (exact) mass is 338 g/mol. The Morgan fingerprint density at radius 1 is 1.08 bits per heavy atom. The molecule has 2 aromatic carbocycles. The van der Waals surface area contributed by atoms with E-state index in [1.54, 1.807) is 13.1 Å². The molecule has 1 unspecified atom stereocenters. The quantitative estimate of drug-likeness (QED) is 0.656. The van der Waals surface area contributed by atoms with Gasteiger partial charge in [0.1, 0.15) is 5.75 Å². The van der Waals surface area contributed by atoms with E-state index in [1.807, 2.05) is 55.5 Å². The molecule has 0 aliphatic rings. The van der Waals surface area contributed by atoms with Gasteiger partial charge in [0, 0.05) is 0 Å². The summed E-state index contributed by atoms with van der Waals surface area (Å²) in [4.78, 5) is 12.1. The van der Waals surface area contributed by atoms with Crippen molar-refractivity contribution in [1.29, 1.82) is 0 Å². The molecule has 25 heavy (non-hydrogen) atoms. The number of nitrogens with zero attached hydrogens (tertiary/aromatic N) is 1. The number of carbonyl (C=O) groups is 1. The van der Waals surface area contributed by atoms with E-state index < -0.39 is 6.10 Å². The van der Waals surface area contributed by atoms with Crippen LogP contribution in [0.4, 0.5) is 0 Å². The number of aryl methyl sites for hydroxylation is 1. The first-order valence-electron chi connectivity index (χ1n) is 8.42. The Morgan fingerprint density at radius 3 is 2.24 bits per heavy atom. The predicted molar refractivity (Wildman–Crippen MR) is 102 cm³/mol. The molecule has 1 atom stereocenters. The zero-order valence-electron chi connectivity index (χ0n) is 15.5. The van der Waals surface area contributed by atoms with Gasteiger partial charge in [-0.3, -0.25) is 4.79 Å². The van der Waals surface area contributed by atoms with Gasteiger partial charge >= 0.3 is 0 Å². The van der Waals surface area contributed by atoms with Crippen LogP contribution in [0.3, 0.4) is 0 Å². The lowest BCUT2D eigenvalue weighted by Gasteiger charge is -2.19. The first-order valence-corrected chi connectivity index (χ1v) is 8.42. The lowest BCUT2D eigenvalue weighted by molar-refractivity contribution is -0.127. The molecule has 0 aliphatic carbocycles. The molecule has 2 rings (SSSR count). The molecule has 2 aromatic rings. The number of amides is 1. The first-order chi connectivity index (χ1) is 11.8. The summed E-state index contributed by atoms with van der Waals surface area (Å²) >= 11 is 0. The second-order valence-corrected chi connectivity index (χ2v) is 7.18. The molecule has 0 radical (unpaired) electrons. The zero-order chi connectivity index (χ0) is 18.4. The van der Waals surface area contributed by atoms with E-state index in [2.05, 4.69) is 31.3 Å². The number of hydrazone groups is 1. The van der Waals surface area contributed by atoms with Crippen LogP contribution < -0.4 is 10.2 Å². The van der Waals surface area contributed by atoms with Gasteiger partial charge in [0.05, 0.1) is 6.21 Å². The Hall–Kier alpha value is -2.62. The second kappa shape index (κ2) is 7.97. The van der Waals surface area contributed by atoms with Crippen molar-refractivity contribution in [3.8, 4) is 5.75 Å². The SMILES string of the molecule is Cc1ccc(/C=N/NC(=O)C(C)Oc2ccc(C(C)(C)C)cc2)cc1. The fourth-order valence-electron chi connectivity index (χ4n) is 2.20. The van der Waals surface area contributed by atoms with Crippen molar-refractivity contribution in [2.75, 3.05) is 0 Å². The summed E-state index contributed by atoms with van der Waals surface area (Å²) in [5.74, 6) is 0.376. The zero-order valence-corrected chi connectivity index (χ0v) is 15.5.